The second kappa shape index (κ2) is 5.98. The van der Waals surface area contributed by atoms with Crippen LogP contribution in [0.15, 0.2) is 24.3 Å². The third kappa shape index (κ3) is 2.89. The summed E-state index contributed by atoms with van der Waals surface area (Å²) in [6, 6.07) is 7.81. The van der Waals surface area contributed by atoms with Crippen LogP contribution in [0.25, 0.3) is 0 Å². The number of carbonyl (C=O) groups is 1. The normalized spacial score (nSPS) is 19.9. The van der Waals surface area contributed by atoms with E-state index in [-0.39, 0.29) is 12.0 Å². The van der Waals surface area contributed by atoms with Crippen molar-refractivity contribution in [2.45, 2.75) is 19.4 Å². The van der Waals surface area contributed by atoms with Crippen LogP contribution < -0.4 is 5.73 Å². The minimum Gasteiger partial charge on any atom is -0.373 e. The van der Waals surface area contributed by atoms with Crippen LogP contribution in [0, 0.1) is 0 Å². The van der Waals surface area contributed by atoms with Crippen molar-refractivity contribution >= 4 is 5.91 Å². The number of nitrogens with two attached hydrogens (primary N) is 1. The van der Waals surface area contributed by atoms with E-state index >= 15 is 0 Å². The van der Waals surface area contributed by atoms with Gasteiger partial charge in [0.25, 0.3) is 5.91 Å². The zero-order chi connectivity index (χ0) is 13.0. The Hall–Kier alpha value is -1.39. The van der Waals surface area contributed by atoms with Crippen LogP contribution in [-0.2, 0) is 11.2 Å². The molecule has 1 fully saturated rings. The van der Waals surface area contributed by atoms with Crippen molar-refractivity contribution < 1.29 is 9.53 Å². The summed E-state index contributed by atoms with van der Waals surface area (Å²) in [5, 5.41) is 0. The fourth-order valence-electron chi connectivity index (χ4n) is 2.11. The van der Waals surface area contributed by atoms with E-state index in [1.165, 1.54) is 5.56 Å². The lowest BCUT2D eigenvalue weighted by Gasteiger charge is -2.32. The maximum Gasteiger partial charge on any atom is 0.254 e. The molecule has 0 spiro atoms. The van der Waals surface area contributed by atoms with Gasteiger partial charge in [-0.15, -0.1) is 0 Å². The van der Waals surface area contributed by atoms with E-state index in [2.05, 4.69) is 6.92 Å². The molecule has 1 aromatic rings. The summed E-state index contributed by atoms with van der Waals surface area (Å²) in [5.74, 6) is 0.0689. The molecule has 0 radical (unpaired) electrons. The number of hydrogen-bond donors (Lipinski definition) is 1. The van der Waals surface area contributed by atoms with Gasteiger partial charge in [-0.25, -0.2) is 0 Å². The average Bonchev–Trinajstić information content (AvgIpc) is 2.46. The Morgan fingerprint density at radius 3 is 2.78 bits per heavy atom. The highest BCUT2D eigenvalue weighted by molar-refractivity contribution is 5.94. The lowest BCUT2D eigenvalue weighted by Crippen LogP contribution is -2.48. The van der Waals surface area contributed by atoms with E-state index < -0.39 is 0 Å². The van der Waals surface area contributed by atoms with Gasteiger partial charge < -0.3 is 15.4 Å². The molecule has 0 aliphatic carbocycles. The molecule has 4 heteroatoms. The average molecular weight is 248 g/mol. The topological polar surface area (TPSA) is 55.6 Å². The van der Waals surface area contributed by atoms with Crippen LogP contribution in [0.5, 0.6) is 0 Å². The van der Waals surface area contributed by atoms with Gasteiger partial charge in [-0.05, 0) is 24.1 Å². The molecule has 1 amide bonds. The van der Waals surface area contributed by atoms with Crippen LogP contribution in [-0.4, -0.2) is 43.2 Å². The first-order chi connectivity index (χ1) is 8.74. The molecule has 0 unspecified atom stereocenters. The molecule has 18 heavy (non-hydrogen) atoms. The van der Waals surface area contributed by atoms with Crippen LogP contribution >= 0.6 is 0 Å². The van der Waals surface area contributed by atoms with E-state index in [1.54, 1.807) is 0 Å². The van der Waals surface area contributed by atoms with Crippen molar-refractivity contribution in [2.24, 2.45) is 5.73 Å². The zero-order valence-electron chi connectivity index (χ0n) is 10.8. The largest absolute Gasteiger partial charge is 0.373 e. The molecule has 1 saturated heterocycles. The van der Waals surface area contributed by atoms with Crippen molar-refractivity contribution in [1.29, 1.82) is 0 Å². The van der Waals surface area contributed by atoms with Crippen molar-refractivity contribution in [2.75, 3.05) is 26.2 Å². The number of morpholine rings is 1. The number of ether oxygens (including phenoxy) is 1. The molecule has 1 heterocycles. The van der Waals surface area contributed by atoms with E-state index in [1.807, 2.05) is 29.2 Å². The number of amides is 1. The van der Waals surface area contributed by atoms with E-state index in [4.69, 9.17) is 10.5 Å². The lowest BCUT2D eigenvalue weighted by molar-refractivity contribution is -0.0167. The molecule has 2 rings (SSSR count). The lowest BCUT2D eigenvalue weighted by atomic mass is 10.1. The fraction of sp³-hybridized carbons (Fsp3) is 0.500. The number of aryl methyl sites for hydroxylation is 1. The first-order valence-corrected chi connectivity index (χ1v) is 6.44. The molecule has 0 aromatic heterocycles. The maximum absolute atomic E-state index is 12.3. The zero-order valence-corrected chi connectivity index (χ0v) is 10.8. The van der Waals surface area contributed by atoms with Crippen LogP contribution in [0.1, 0.15) is 22.8 Å². The van der Waals surface area contributed by atoms with Crippen molar-refractivity contribution in [3.63, 3.8) is 0 Å². The van der Waals surface area contributed by atoms with Crippen LogP contribution in [0.4, 0.5) is 0 Å². The molecule has 2 N–H and O–H groups in total. The smallest absolute Gasteiger partial charge is 0.254 e. The van der Waals surface area contributed by atoms with Gasteiger partial charge in [0.1, 0.15) is 0 Å². The van der Waals surface area contributed by atoms with Gasteiger partial charge in [0, 0.05) is 25.2 Å². The molecule has 0 saturated carbocycles. The summed E-state index contributed by atoms with van der Waals surface area (Å²) in [4.78, 5) is 14.1. The molecule has 1 atom stereocenters. The number of nitrogens with zero attached hydrogens (tertiary/aromatic N) is 1. The Morgan fingerprint density at radius 1 is 1.44 bits per heavy atom. The molecule has 1 aliphatic rings. The Kier molecular flexibility index (Phi) is 4.33. The third-order valence-electron chi connectivity index (χ3n) is 3.30. The molecule has 0 bridgehead atoms. The third-order valence-corrected chi connectivity index (χ3v) is 3.30. The minimum absolute atomic E-state index is 0.0300. The Morgan fingerprint density at radius 2 is 2.17 bits per heavy atom. The highest BCUT2D eigenvalue weighted by Crippen LogP contribution is 2.11. The highest BCUT2D eigenvalue weighted by Gasteiger charge is 2.23. The Balaban J connectivity index is 2.05. The molecule has 4 nitrogen and oxygen atoms in total. The van der Waals surface area contributed by atoms with Crippen LogP contribution in [0.2, 0.25) is 0 Å². The van der Waals surface area contributed by atoms with Crippen molar-refractivity contribution in [3.8, 4) is 0 Å². The number of hydrogen-bond acceptors (Lipinski definition) is 3. The van der Waals surface area contributed by atoms with Gasteiger partial charge in [0.05, 0.1) is 12.7 Å². The number of carbonyl (C=O) groups excluding carboxylic acids is 1. The summed E-state index contributed by atoms with van der Waals surface area (Å²) in [7, 11) is 0. The molecule has 1 aliphatic heterocycles. The highest BCUT2D eigenvalue weighted by atomic mass is 16.5. The van der Waals surface area contributed by atoms with Gasteiger partial charge in [-0.3, -0.25) is 4.79 Å². The number of benzene rings is 1. The first kappa shape index (κ1) is 13.1. The maximum atomic E-state index is 12.3. The number of rotatable bonds is 3. The SMILES string of the molecule is CCc1ccc(C(=O)N2CCO[C@H](CN)C2)cc1. The fourth-order valence-corrected chi connectivity index (χ4v) is 2.11. The Labute approximate surface area is 108 Å². The monoisotopic (exact) mass is 248 g/mol. The van der Waals surface area contributed by atoms with Crippen molar-refractivity contribution in [1.82, 2.24) is 4.90 Å². The van der Waals surface area contributed by atoms with Gasteiger partial charge in [-0.1, -0.05) is 19.1 Å². The van der Waals surface area contributed by atoms with Gasteiger partial charge in [-0.2, -0.15) is 0 Å². The summed E-state index contributed by atoms with van der Waals surface area (Å²) in [6.07, 6.45) is 0.957. The quantitative estimate of drug-likeness (QED) is 0.870. The Bertz CT molecular complexity index is 403. The standard InChI is InChI=1S/C14H20N2O2/c1-2-11-3-5-12(6-4-11)14(17)16-7-8-18-13(9-15)10-16/h3-6,13H,2,7-10,15H2,1H3/t13-/m1/s1. The first-order valence-electron chi connectivity index (χ1n) is 6.44. The summed E-state index contributed by atoms with van der Waals surface area (Å²) < 4.78 is 5.46. The van der Waals surface area contributed by atoms with E-state index in [9.17, 15) is 4.79 Å². The van der Waals surface area contributed by atoms with E-state index in [0.29, 0.717) is 26.2 Å². The summed E-state index contributed by atoms with van der Waals surface area (Å²) in [5.41, 5.74) is 7.56. The predicted octanol–water partition coefficient (Wildman–Crippen LogP) is 1.05. The molecule has 98 valence electrons. The second-order valence-electron chi connectivity index (χ2n) is 4.53. The summed E-state index contributed by atoms with van der Waals surface area (Å²) in [6.45, 7) is 4.36. The molecular weight excluding hydrogens is 228 g/mol. The van der Waals surface area contributed by atoms with Crippen LogP contribution in [0.3, 0.4) is 0 Å². The van der Waals surface area contributed by atoms with E-state index in [0.717, 1.165) is 12.0 Å². The van der Waals surface area contributed by atoms with Gasteiger partial charge in [0.2, 0.25) is 0 Å². The van der Waals surface area contributed by atoms with Gasteiger partial charge in [0.15, 0.2) is 0 Å². The summed E-state index contributed by atoms with van der Waals surface area (Å²) >= 11 is 0. The van der Waals surface area contributed by atoms with Gasteiger partial charge >= 0.3 is 0 Å². The molecular formula is C14H20N2O2. The van der Waals surface area contributed by atoms with Crippen molar-refractivity contribution in [3.05, 3.63) is 35.4 Å². The second-order valence-corrected chi connectivity index (χ2v) is 4.53. The predicted molar refractivity (Wildman–Crippen MR) is 70.5 cm³/mol. The minimum atomic E-state index is -0.0300. The molecule has 1 aromatic carbocycles.